The van der Waals surface area contributed by atoms with Gasteiger partial charge in [0.1, 0.15) is 17.9 Å². The second-order valence-electron chi connectivity index (χ2n) is 6.41. The fourth-order valence-corrected chi connectivity index (χ4v) is 3.05. The van der Waals surface area contributed by atoms with Crippen LogP contribution in [0.25, 0.3) is 11.0 Å². The Morgan fingerprint density at radius 1 is 1.07 bits per heavy atom. The molecule has 0 aliphatic heterocycles. The molecule has 5 nitrogen and oxygen atoms in total. The molecule has 0 atom stereocenters. The third-order valence-corrected chi connectivity index (χ3v) is 4.46. The maximum Gasteiger partial charge on any atom is 0.340 e. The minimum atomic E-state index is -1.06. The van der Waals surface area contributed by atoms with E-state index in [1.54, 1.807) is 13.0 Å². The standard InChI is InChI=1S/C21H20O5.C2H6/c1-12-5-4-6-15(9-12)11-25-18-8-7-16-13(2)17(10-19(22)23)21(24)26-20(16)14(18)3;1-2/h4-9H,10-11H2,1-3H3,(H,22,23);1-2H3. The second kappa shape index (κ2) is 9.22. The minimum Gasteiger partial charge on any atom is -0.488 e. The molecule has 1 heterocycles. The molecule has 148 valence electrons. The number of benzene rings is 2. The third kappa shape index (κ3) is 4.60. The molecule has 3 rings (SSSR count). The Labute approximate surface area is 164 Å². The van der Waals surface area contributed by atoms with Crippen molar-refractivity contribution in [3.05, 3.63) is 74.6 Å². The highest BCUT2D eigenvalue weighted by molar-refractivity contribution is 5.86. The molecule has 0 aliphatic carbocycles. The van der Waals surface area contributed by atoms with E-state index in [0.717, 1.165) is 22.1 Å². The van der Waals surface area contributed by atoms with E-state index >= 15 is 0 Å². The van der Waals surface area contributed by atoms with Gasteiger partial charge >= 0.3 is 11.6 Å². The number of fused-ring (bicyclic) bond motifs is 1. The van der Waals surface area contributed by atoms with E-state index in [1.165, 1.54) is 0 Å². The van der Waals surface area contributed by atoms with Gasteiger partial charge in [-0.25, -0.2) is 4.79 Å². The zero-order valence-corrected chi connectivity index (χ0v) is 17.0. The van der Waals surface area contributed by atoms with E-state index in [4.69, 9.17) is 14.3 Å². The summed E-state index contributed by atoms with van der Waals surface area (Å²) in [6, 6.07) is 11.7. The van der Waals surface area contributed by atoms with Gasteiger partial charge in [-0.1, -0.05) is 43.7 Å². The summed E-state index contributed by atoms with van der Waals surface area (Å²) in [6.07, 6.45) is -0.352. The fourth-order valence-electron chi connectivity index (χ4n) is 3.05. The molecule has 2 aromatic carbocycles. The Morgan fingerprint density at radius 3 is 2.43 bits per heavy atom. The summed E-state index contributed by atoms with van der Waals surface area (Å²) in [5, 5.41) is 9.71. The highest BCUT2D eigenvalue weighted by atomic mass is 16.5. The molecule has 0 fully saturated rings. The number of aryl methyl sites for hydroxylation is 3. The van der Waals surface area contributed by atoms with Crippen molar-refractivity contribution >= 4 is 16.9 Å². The minimum absolute atomic E-state index is 0.179. The quantitative estimate of drug-likeness (QED) is 0.632. The molecule has 1 N–H and O–H groups in total. The van der Waals surface area contributed by atoms with Crippen LogP contribution in [0.15, 0.2) is 45.6 Å². The number of carboxylic acids is 1. The first-order chi connectivity index (χ1) is 13.4. The maximum absolute atomic E-state index is 12.2. The van der Waals surface area contributed by atoms with Crippen molar-refractivity contribution in [2.45, 2.75) is 47.6 Å². The van der Waals surface area contributed by atoms with E-state index in [2.05, 4.69) is 6.07 Å². The maximum atomic E-state index is 12.2. The van der Waals surface area contributed by atoms with Crippen LogP contribution in [0.5, 0.6) is 5.75 Å². The molecule has 0 amide bonds. The summed E-state index contributed by atoms with van der Waals surface area (Å²) in [4.78, 5) is 23.2. The van der Waals surface area contributed by atoms with Crippen molar-refractivity contribution in [1.29, 1.82) is 0 Å². The van der Waals surface area contributed by atoms with E-state index in [0.29, 0.717) is 23.5 Å². The van der Waals surface area contributed by atoms with Gasteiger partial charge < -0.3 is 14.3 Å². The number of carboxylic acid groups (broad SMARTS) is 1. The average molecular weight is 382 g/mol. The zero-order chi connectivity index (χ0) is 20.8. The predicted octanol–water partition coefficient (Wildman–Crippen LogP) is 4.95. The van der Waals surface area contributed by atoms with Crippen molar-refractivity contribution in [2.24, 2.45) is 0 Å². The molecular formula is C23H26O5. The first kappa shape index (κ1) is 21.2. The monoisotopic (exact) mass is 382 g/mol. The van der Waals surface area contributed by atoms with Crippen molar-refractivity contribution in [3.63, 3.8) is 0 Å². The Morgan fingerprint density at radius 2 is 1.79 bits per heavy atom. The number of hydrogen-bond acceptors (Lipinski definition) is 4. The summed E-state index contributed by atoms with van der Waals surface area (Å²) >= 11 is 0. The third-order valence-electron chi connectivity index (χ3n) is 4.46. The van der Waals surface area contributed by atoms with E-state index in [-0.39, 0.29) is 12.0 Å². The van der Waals surface area contributed by atoms with Gasteiger partial charge in [0.2, 0.25) is 0 Å². The Bertz CT molecular complexity index is 1050. The van der Waals surface area contributed by atoms with Crippen LogP contribution in [0.4, 0.5) is 0 Å². The molecule has 0 saturated carbocycles. The van der Waals surface area contributed by atoms with Crippen molar-refractivity contribution in [2.75, 3.05) is 0 Å². The fraction of sp³-hybridized carbons (Fsp3) is 0.304. The van der Waals surface area contributed by atoms with Crippen LogP contribution in [0.2, 0.25) is 0 Å². The van der Waals surface area contributed by atoms with E-state index in [9.17, 15) is 9.59 Å². The van der Waals surface area contributed by atoms with Crippen LogP contribution in [0, 0.1) is 20.8 Å². The number of carbonyl (C=O) groups is 1. The average Bonchev–Trinajstić information content (AvgIpc) is 2.67. The number of aliphatic carboxylic acids is 1. The summed E-state index contributed by atoms with van der Waals surface area (Å²) in [5.74, 6) is -0.429. The van der Waals surface area contributed by atoms with Crippen molar-refractivity contribution in [3.8, 4) is 5.75 Å². The smallest absolute Gasteiger partial charge is 0.340 e. The van der Waals surface area contributed by atoms with E-state index in [1.807, 2.05) is 52.0 Å². The zero-order valence-electron chi connectivity index (χ0n) is 17.0. The number of hydrogen-bond donors (Lipinski definition) is 1. The van der Waals surface area contributed by atoms with Gasteiger partial charge in [0.25, 0.3) is 0 Å². The molecule has 0 spiro atoms. The van der Waals surface area contributed by atoms with Gasteiger partial charge in [-0.2, -0.15) is 0 Å². The highest BCUT2D eigenvalue weighted by Crippen LogP contribution is 2.30. The molecule has 3 aromatic rings. The lowest BCUT2D eigenvalue weighted by atomic mass is 10.0. The van der Waals surface area contributed by atoms with Gasteiger partial charge in [-0.15, -0.1) is 0 Å². The predicted molar refractivity (Wildman–Crippen MR) is 110 cm³/mol. The first-order valence-electron chi connectivity index (χ1n) is 9.33. The molecule has 1 aromatic heterocycles. The van der Waals surface area contributed by atoms with Gasteiger partial charge in [0.15, 0.2) is 0 Å². The van der Waals surface area contributed by atoms with Crippen LogP contribution in [0.3, 0.4) is 0 Å². The molecule has 0 saturated heterocycles. The SMILES string of the molecule is CC.Cc1cccc(COc2ccc3c(C)c(CC(=O)O)c(=O)oc3c2C)c1. The Kier molecular flexibility index (Phi) is 6.99. The van der Waals surface area contributed by atoms with Crippen molar-refractivity contribution in [1.82, 2.24) is 0 Å². The lowest BCUT2D eigenvalue weighted by Crippen LogP contribution is -2.15. The normalized spacial score (nSPS) is 10.3. The van der Waals surface area contributed by atoms with Gasteiger partial charge in [0.05, 0.1) is 12.0 Å². The Hall–Kier alpha value is -3.08. The topological polar surface area (TPSA) is 76.7 Å². The summed E-state index contributed by atoms with van der Waals surface area (Å²) in [7, 11) is 0. The van der Waals surface area contributed by atoms with Crippen LogP contribution in [-0.4, -0.2) is 11.1 Å². The lowest BCUT2D eigenvalue weighted by molar-refractivity contribution is -0.136. The molecule has 0 unspecified atom stereocenters. The number of ether oxygens (including phenoxy) is 1. The summed E-state index contributed by atoms with van der Waals surface area (Å²) in [5.41, 5.74) is 3.56. The molecular weight excluding hydrogens is 356 g/mol. The highest BCUT2D eigenvalue weighted by Gasteiger charge is 2.17. The van der Waals surface area contributed by atoms with Crippen LogP contribution < -0.4 is 10.4 Å². The molecule has 28 heavy (non-hydrogen) atoms. The Balaban J connectivity index is 0.00000136. The lowest BCUT2D eigenvalue weighted by Gasteiger charge is -2.13. The van der Waals surface area contributed by atoms with Gasteiger partial charge in [-0.05, 0) is 44.0 Å². The van der Waals surface area contributed by atoms with Crippen LogP contribution >= 0.6 is 0 Å². The number of rotatable bonds is 5. The van der Waals surface area contributed by atoms with Crippen LogP contribution in [0.1, 0.15) is 41.7 Å². The molecule has 0 bridgehead atoms. The summed E-state index contributed by atoms with van der Waals surface area (Å²) in [6.45, 7) is 10.0. The van der Waals surface area contributed by atoms with Gasteiger partial charge in [0, 0.05) is 10.9 Å². The van der Waals surface area contributed by atoms with Gasteiger partial charge in [-0.3, -0.25) is 4.79 Å². The van der Waals surface area contributed by atoms with Crippen LogP contribution in [-0.2, 0) is 17.8 Å². The van der Waals surface area contributed by atoms with Crippen molar-refractivity contribution < 1.29 is 19.1 Å². The second-order valence-corrected chi connectivity index (χ2v) is 6.41. The molecule has 0 aliphatic rings. The van der Waals surface area contributed by atoms with E-state index < -0.39 is 11.6 Å². The largest absolute Gasteiger partial charge is 0.488 e. The summed E-state index contributed by atoms with van der Waals surface area (Å²) < 4.78 is 11.3. The first-order valence-corrected chi connectivity index (χ1v) is 9.33. The molecule has 5 heteroatoms. The molecule has 0 radical (unpaired) electrons.